The Morgan fingerprint density at radius 1 is 0.933 bits per heavy atom. The van der Waals surface area contributed by atoms with E-state index in [0.717, 1.165) is 45.1 Å². The summed E-state index contributed by atoms with van der Waals surface area (Å²) in [6, 6.07) is 14.0. The number of fused-ring (bicyclic) bond motifs is 3. The highest BCUT2D eigenvalue weighted by atomic mass is 35.5. The maximum atomic E-state index is 13.4. The molecule has 0 saturated carbocycles. The Balaban J connectivity index is 1.00. The number of aliphatic imine (C=N–C) groups is 1. The molecule has 0 spiro atoms. The first-order chi connectivity index (χ1) is 21.8. The second-order valence-corrected chi connectivity index (χ2v) is 12.0. The van der Waals surface area contributed by atoms with Gasteiger partial charge in [-0.1, -0.05) is 23.2 Å². The van der Waals surface area contributed by atoms with Gasteiger partial charge in [0.25, 0.3) is 11.5 Å². The molecule has 11 heteroatoms. The zero-order chi connectivity index (χ0) is 31.5. The molecule has 3 aromatic carbocycles. The van der Waals surface area contributed by atoms with Crippen molar-refractivity contribution in [3.8, 4) is 22.9 Å². The van der Waals surface area contributed by atoms with Crippen LogP contribution >= 0.6 is 23.2 Å². The lowest BCUT2D eigenvalue weighted by Crippen LogP contribution is -2.35. The zero-order valence-electron chi connectivity index (χ0n) is 25.2. The minimum atomic E-state index is -0.225. The number of aryl methyl sites for hydroxylation is 1. The highest BCUT2D eigenvalue weighted by Crippen LogP contribution is 2.38. The van der Waals surface area contributed by atoms with Crippen LogP contribution < -0.4 is 19.8 Å². The van der Waals surface area contributed by atoms with Crippen molar-refractivity contribution in [1.29, 1.82) is 0 Å². The molecule has 0 unspecified atom stereocenters. The van der Waals surface area contributed by atoms with Crippen LogP contribution in [0.5, 0.6) is 17.2 Å². The number of amides is 1. The van der Waals surface area contributed by atoms with Crippen molar-refractivity contribution in [3.05, 3.63) is 80.3 Å². The van der Waals surface area contributed by atoms with Gasteiger partial charge in [0, 0.05) is 23.8 Å². The number of benzene rings is 3. The number of aromatic nitrogens is 2. The highest BCUT2D eigenvalue weighted by Gasteiger charge is 2.32. The van der Waals surface area contributed by atoms with Crippen LogP contribution in [0.3, 0.4) is 0 Å². The lowest BCUT2D eigenvalue weighted by atomic mass is 10.1. The van der Waals surface area contributed by atoms with Gasteiger partial charge in [-0.15, -0.1) is 0 Å². The molecule has 3 heterocycles. The third-order valence-electron chi connectivity index (χ3n) is 8.18. The molecule has 2 aliphatic heterocycles. The van der Waals surface area contributed by atoms with Crippen LogP contribution in [0.2, 0.25) is 10.0 Å². The van der Waals surface area contributed by atoms with Crippen LogP contribution in [-0.2, 0) is 0 Å². The summed E-state index contributed by atoms with van der Waals surface area (Å²) in [4.78, 5) is 37.6. The minimum absolute atomic E-state index is 0.00696. The Morgan fingerprint density at radius 3 is 2.51 bits per heavy atom. The Morgan fingerprint density at radius 2 is 1.73 bits per heavy atom. The summed E-state index contributed by atoms with van der Waals surface area (Å²) in [6.07, 6.45) is 7.42. The Kier molecular flexibility index (Phi) is 9.28. The number of methoxy groups -OCH3 is 1. The second kappa shape index (κ2) is 13.5. The van der Waals surface area contributed by atoms with Crippen LogP contribution in [0.15, 0.2) is 58.3 Å². The van der Waals surface area contributed by atoms with Gasteiger partial charge in [-0.3, -0.25) is 19.1 Å². The van der Waals surface area contributed by atoms with Gasteiger partial charge in [0.1, 0.15) is 11.6 Å². The molecule has 6 rings (SSSR count). The van der Waals surface area contributed by atoms with E-state index in [2.05, 4.69) is 9.98 Å². The van der Waals surface area contributed by atoms with Crippen molar-refractivity contribution in [2.24, 2.45) is 4.99 Å². The largest absolute Gasteiger partial charge is 0.494 e. The molecule has 2 aliphatic rings. The van der Waals surface area contributed by atoms with E-state index in [4.69, 9.17) is 37.4 Å². The van der Waals surface area contributed by atoms with Crippen molar-refractivity contribution < 1.29 is 19.0 Å². The van der Waals surface area contributed by atoms with Gasteiger partial charge in [-0.25, -0.2) is 4.98 Å². The molecule has 1 saturated heterocycles. The van der Waals surface area contributed by atoms with E-state index in [0.29, 0.717) is 74.2 Å². The average molecular weight is 650 g/mol. The van der Waals surface area contributed by atoms with Gasteiger partial charge in [-0.2, -0.15) is 0 Å². The first-order valence-corrected chi connectivity index (χ1v) is 15.9. The quantitative estimate of drug-likeness (QED) is 0.158. The van der Waals surface area contributed by atoms with Crippen LogP contribution in [0.4, 0.5) is 5.69 Å². The molecule has 9 nitrogen and oxygen atoms in total. The minimum Gasteiger partial charge on any atom is -0.494 e. The number of carbonyl (C=O) groups excluding carboxylic acids is 1. The molecule has 0 aliphatic carbocycles. The molecule has 1 atom stereocenters. The molecule has 0 radical (unpaired) electrons. The molecule has 0 bridgehead atoms. The maximum Gasteiger partial charge on any atom is 0.266 e. The predicted molar refractivity (Wildman–Crippen MR) is 177 cm³/mol. The van der Waals surface area contributed by atoms with Crippen molar-refractivity contribution in [1.82, 2.24) is 14.5 Å². The number of nitrogens with zero attached hydrogens (tertiary/aromatic N) is 4. The molecular weight excluding hydrogens is 615 g/mol. The van der Waals surface area contributed by atoms with Crippen LogP contribution in [0.25, 0.3) is 16.6 Å². The van der Waals surface area contributed by atoms with Crippen molar-refractivity contribution in [2.45, 2.75) is 51.5 Å². The van der Waals surface area contributed by atoms with Crippen LogP contribution in [-0.4, -0.2) is 59.5 Å². The number of hydrogen-bond donors (Lipinski definition) is 0. The van der Waals surface area contributed by atoms with Gasteiger partial charge >= 0.3 is 0 Å². The molecular formula is C34H34Cl2N4O5. The van der Waals surface area contributed by atoms with Gasteiger partial charge in [0.15, 0.2) is 11.5 Å². The Bertz CT molecular complexity index is 1840. The molecule has 234 valence electrons. The topological polar surface area (TPSA) is 95.2 Å². The number of halogens is 2. The normalized spacial score (nSPS) is 15.6. The second-order valence-electron chi connectivity index (χ2n) is 11.2. The fraction of sp³-hybridized carbons (Fsp3) is 0.353. The molecule has 1 amide bonds. The number of carbonyl (C=O) groups is 1. The summed E-state index contributed by atoms with van der Waals surface area (Å²) in [5.74, 6) is 2.25. The lowest BCUT2D eigenvalue weighted by molar-refractivity contribution is 0.0774. The van der Waals surface area contributed by atoms with E-state index in [-0.39, 0.29) is 17.5 Å². The van der Waals surface area contributed by atoms with E-state index >= 15 is 0 Å². The molecule has 0 N–H and O–H groups in total. The van der Waals surface area contributed by atoms with Crippen molar-refractivity contribution in [3.63, 3.8) is 0 Å². The summed E-state index contributed by atoms with van der Waals surface area (Å²) in [6.45, 7) is 3.56. The molecule has 45 heavy (non-hydrogen) atoms. The summed E-state index contributed by atoms with van der Waals surface area (Å²) in [5.41, 5.74) is 2.06. The fourth-order valence-corrected chi connectivity index (χ4v) is 6.35. The number of unbranched alkanes of at least 4 members (excludes halogenated alkanes) is 3. The zero-order valence-corrected chi connectivity index (χ0v) is 26.7. The SMILES string of the molecule is COc1cc2c(cc1OCCCCCCOc1ccc3nc(C)n(-c4ccc(Cl)cc4Cl)c(=O)c3c1)N=C[C@@H]1CCCN1C2=O. The van der Waals surface area contributed by atoms with Crippen molar-refractivity contribution >= 4 is 51.9 Å². The maximum absolute atomic E-state index is 13.4. The van der Waals surface area contributed by atoms with E-state index in [1.165, 1.54) is 4.57 Å². The third-order valence-corrected chi connectivity index (χ3v) is 8.72. The summed E-state index contributed by atoms with van der Waals surface area (Å²) < 4.78 is 19.1. The fourth-order valence-electron chi connectivity index (χ4n) is 5.86. The summed E-state index contributed by atoms with van der Waals surface area (Å²) in [7, 11) is 1.58. The van der Waals surface area contributed by atoms with E-state index < -0.39 is 0 Å². The summed E-state index contributed by atoms with van der Waals surface area (Å²) >= 11 is 12.4. The summed E-state index contributed by atoms with van der Waals surface area (Å²) in [5, 5.41) is 1.31. The van der Waals surface area contributed by atoms with Gasteiger partial charge in [0.05, 0.1) is 59.2 Å². The first kappa shape index (κ1) is 30.9. The van der Waals surface area contributed by atoms with E-state index in [1.807, 2.05) is 17.2 Å². The number of ether oxygens (including phenoxy) is 3. The van der Waals surface area contributed by atoms with Gasteiger partial charge in [0.2, 0.25) is 0 Å². The van der Waals surface area contributed by atoms with Crippen molar-refractivity contribution in [2.75, 3.05) is 26.9 Å². The van der Waals surface area contributed by atoms with Crippen LogP contribution in [0, 0.1) is 6.92 Å². The van der Waals surface area contributed by atoms with Gasteiger partial charge < -0.3 is 19.1 Å². The standard InChI is InChI=1S/C34H34Cl2N4O5/c1-21-38-28-11-10-24(17-25(28)34(42)40(21)30-12-9-22(35)16-27(30)36)44-14-5-3-4-6-15-45-32-19-29-26(18-31(32)43-2)33(41)39-13-7-8-23(39)20-37-29/h9-12,16-20,23H,3-8,13-15H2,1-2H3/t23-/m0/s1. The third kappa shape index (κ3) is 6.51. The first-order valence-electron chi connectivity index (χ1n) is 15.2. The Labute approximate surface area is 271 Å². The lowest BCUT2D eigenvalue weighted by Gasteiger charge is -2.20. The molecule has 4 aromatic rings. The van der Waals surface area contributed by atoms with E-state index in [1.54, 1.807) is 56.5 Å². The number of rotatable bonds is 11. The molecule has 1 fully saturated rings. The monoisotopic (exact) mass is 648 g/mol. The predicted octanol–water partition coefficient (Wildman–Crippen LogP) is 7.35. The molecule has 1 aromatic heterocycles. The number of hydrogen-bond acceptors (Lipinski definition) is 7. The van der Waals surface area contributed by atoms with E-state index in [9.17, 15) is 9.59 Å². The van der Waals surface area contributed by atoms with Crippen LogP contribution in [0.1, 0.15) is 54.7 Å². The Hall–Kier alpha value is -4.08. The average Bonchev–Trinajstić information content (AvgIpc) is 3.46. The smallest absolute Gasteiger partial charge is 0.266 e. The highest BCUT2D eigenvalue weighted by molar-refractivity contribution is 6.35. The van der Waals surface area contributed by atoms with Gasteiger partial charge in [-0.05, 0) is 87.9 Å².